The van der Waals surface area contributed by atoms with Crippen molar-refractivity contribution in [2.75, 3.05) is 0 Å². The van der Waals surface area contributed by atoms with E-state index in [1.807, 2.05) is 27.7 Å². The first-order valence-electron chi connectivity index (χ1n) is 14.9. The summed E-state index contributed by atoms with van der Waals surface area (Å²) < 4.78 is 41.1. The fourth-order valence-corrected chi connectivity index (χ4v) is 8.43. The highest BCUT2D eigenvalue weighted by atomic mass is 32.2. The Kier molecular flexibility index (Phi) is 11.9. The molecule has 3 unspecified atom stereocenters. The van der Waals surface area contributed by atoms with Crippen LogP contribution >= 0.6 is 0 Å². The van der Waals surface area contributed by atoms with E-state index in [9.17, 15) is 22.9 Å². The molecule has 0 aliphatic rings. The molecule has 0 saturated heterocycles. The number of rotatable bonds is 15. The molecule has 41 heavy (non-hydrogen) atoms. The van der Waals surface area contributed by atoms with Crippen LogP contribution in [0, 0.1) is 32.5 Å². The molecule has 4 radical (unpaired) electrons. The first-order chi connectivity index (χ1) is 17.5. The molecule has 0 saturated carbocycles. The molecule has 0 aliphatic carbocycles. The van der Waals surface area contributed by atoms with Crippen molar-refractivity contribution in [2.24, 2.45) is 32.5 Å². The van der Waals surface area contributed by atoms with Crippen molar-refractivity contribution in [1.29, 1.82) is 0 Å². The Morgan fingerprint density at radius 3 is 1.51 bits per heavy atom. The topological polar surface area (TPSA) is 101 Å². The summed E-state index contributed by atoms with van der Waals surface area (Å²) in [6.45, 7) is 34.1. The lowest BCUT2D eigenvalue weighted by Crippen LogP contribution is -2.61. The van der Waals surface area contributed by atoms with E-state index >= 15 is 0 Å². The largest absolute Gasteiger partial charge is 0.480 e. The molecule has 0 heterocycles. The summed E-state index contributed by atoms with van der Waals surface area (Å²) in [4.78, 5) is 12.0. The second-order valence-corrected chi connectivity index (χ2v) is 19.5. The fourth-order valence-electron chi connectivity index (χ4n) is 7.14. The van der Waals surface area contributed by atoms with Crippen molar-refractivity contribution >= 4 is 31.8 Å². The van der Waals surface area contributed by atoms with Crippen LogP contribution in [0.5, 0.6) is 0 Å². The maximum atomic E-state index is 12.2. The van der Waals surface area contributed by atoms with Crippen LogP contribution in [0.3, 0.4) is 0 Å². The van der Waals surface area contributed by atoms with Gasteiger partial charge in [-0.15, -0.1) is 0 Å². The summed E-state index contributed by atoms with van der Waals surface area (Å²) in [6, 6.07) is 0. The zero-order chi connectivity index (χ0) is 33.6. The van der Waals surface area contributed by atoms with Crippen molar-refractivity contribution in [1.82, 2.24) is 0 Å². The lowest BCUT2D eigenvalue weighted by Gasteiger charge is -2.58. The molecule has 0 aromatic heterocycles. The van der Waals surface area contributed by atoms with Crippen LogP contribution in [0.1, 0.15) is 137 Å². The SMILES string of the molecule is [B]C(CC(C)(C)CC(C)(C)C)C([B])C(C)(C)CC(C)(C)C(C)(C)OC(C)(C)C(C)(C)C(C)(C)C(C(=O)O)S(=O)(=O)O. The van der Waals surface area contributed by atoms with Gasteiger partial charge >= 0.3 is 5.97 Å². The lowest BCUT2D eigenvalue weighted by atomic mass is 9.49. The highest BCUT2D eigenvalue weighted by Gasteiger charge is 2.60. The Balaban J connectivity index is 6.19. The molecular formula is C32H62B2O6S. The minimum absolute atomic E-state index is 0.0432. The molecular weight excluding hydrogens is 534 g/mol. The number of carboxylic acids is 1. The average Bonchev–Trinajstić information content (AvgIpc) is 2.60. The Morgan fingerprint density at radius 1 is 0.756 bits per heavy atom. The molecule has 9 heteroatoms. The zero-order valence-electron chi connectivity index (χ0n) is 29.4. The van der Waals surface area contributed by atoms with E-state index in [4.69, 9.17) is 20.4 Å². The monoisotopic (exact) mass is 596 g/mol. The van der Waals surface area contributed by atoms with Gasteiger partial charge in [-0.3, -0.25) is 9.35 Å². The summed E-state index contributed by atoms with van der Waals surface area (Å²) in [7, 11) is 8.74. The number of carbonyl (C=O) groups is 1. The predicted octanol–water partition coefficient (Wildman–Crippen LogP) is 8.16. The van der Waals surface area contributed by atoms with Gasteiger partial charge in [0.15, 0.2) is 5.25 Å². The highest BCUT2D eigenvalue weighted by molar-refractivity contribution is 7.87. The van der Waals surface area contributed by atoms with Crippen molar-refractivity contribution in [3.63, 3.8) is 0 Å². The van der Waals surface area contributed by atoms with Gasteiger partial charge in [0.2, 0.25) is 0 Å². The summed E-state index contributed by atoms with van der Waals surface area (Å²) in [5.41, 5.74) is -4.68. The lowest BCUT2D eigenvalue weighted by molar-refractivity contribution is -0.238. The van der Waals surface area contributed by atoms with Crippen LogP contribution in [-0.2, 0) is 19.6 Å². The van der Waals surface area contributed by atoms with E-state index in [1.54, 1.807) is 27.7 Å². The van der Waals surface area contributed by atoms with Crippen LogP contribution in [0.2, 0.25) is 11.6 Å². The first-order valence-corrected chi connectivity index (χ1v) is 16.4. The van der Waals surface area contributed by atoms with Crippen molar-refractivity contribution in [3.8, 4) is 0 Å². The molecule has 3 atom stereocenters. The third kappa shape index (κ3) is 9.73. The summed E-state index contributed by atoms with van der Waals surface area (Å²) in [6.07, 6.45) is 2.54. The van der Waals surface area contributed by atoms with Gasteiger partial charge in [-0.05, 0) is 62.2 Å². The number of aliphatic carboxylic acids is 1. The Hall–Kier alpha value is -0.530. The molecule has 0 fully saturated rings. The fraction of sp³-hybridized carbons (Fsp3) is 0.969. The molecule has 2 N–H and O–H groups in total. The van der Waals surface area contributed by atoms with Crippen LogP contribution < -0.4 is 0 Å². The Morgan fingerprint density at radius 2 is 1.17 bits per heavy atom. The molecule has 238 valence electrons. The molecule has 0 aromatic carbocycles. The van der Waals surface area contributed by atoms with Gasteiger partial charge in [-0.25, -0.2) is 0 Å². The second kappa shape index (κ2) is 12.1. The van der Waals surface area contributed by atoms with Crippen LogP contribution in [-0.4, -0.2) is 56.2 Å². The predicted molar refractivity (Wildman–Crippen MR) is 173 cm³/mol. The first kappa shape index (κ1) is 40.5. The Bertz CT molecular complexity index is 1020. The number of hydrogen-bond donors (Lipinski definition) is 2. The van der Waals surface area contributed by atoms with E-state index in [-0.39, 0.29) is 27.9 Å². The van der Waals surface area contributed by atoms with Crippen molar-refractivity contribution in [3.05, 3.63) is 0 Å². The second-order valence-electron chi connectivity index (χ2n) is 18.0. The maximum absolute atomic E-state index is 12.2. The van der Waals surface area contributed by atoms with Gasteiger partial charge in [-0.1, -0.05) is 108 Å². The van der Waals surface area contributed by atoms with Crippen LogP contribution in [0.25, 0.3) is 0 Å². The molecule has 6 nitrogen and oxygen atoms in total. The Labute approximate surface area is 256 Å². The van der Waals surface area contributed by atoms with Crippen LogP contribution in [0.4, 0.5) is 0 Å². The third-order valence-electron chi connectivity index (χ3n) is 10.5. The van der Waals surface area contributed by atoms with E-state index in [0.29, 0.717) is 6.42 Å². The van der Waals surface area contributed by atoms with E-state index in [0.717, 1.165) is 12.8 Å². The quantitative estimate of drug-likeness (QED) is 0.146. The normalized spacial score (nSPS) is 17.7. The molecule has 0 rings (SSSR count). The molecule has 0 bridgehead atoms. The van der Waals surface area contributed by atoms with E-state index in [1.165, 1.54) is 0 Å². The standard InChI is InChI=1S/C32H62B2O6S/c1-25(2,3)19-26(4,5)18-21(33)22(34)27(6,7)20-28(8,9)31(14,15)40-32(16,17)30(12,13)29(10,11)23(24(35)36)41(37,38)39/h21-23H,18-20H2,1-17H3,(H,35,36)(H,37,38,39). The zero-order valence-corrected chi connectivity index (χ0v) is 30.3. The van der Waals surface area contributed by atoms with Gasteiger partial charge in [-0.2, -0.15) is 8.42 Å². The molecule has 0 aromatic rings. The smallest absolute Gasteiger partial charge is 0.324 e. The van der Waals surface area contributed by atoms with Gasteiger partial charge < -0.3 is 9.84 Å². The molecule has 0 aliphatic heterocycles. The minimum Gasteiger partial charge on any atom is -0.480 e. The summed E-state index contributed by atoms with van der Waals surface area (Å²) in [5, 5.41) is 7.76. The molecule has 0 amide bonds. The minimum atomic E-state index is -4.88. The van der Waals surface area contributed by atoms with Gasteiger partial charge in [0.05, 0.1) is 26.9 Å². The third-order valence-corrected chi connectivity index (χ3v) is 11.9. The van der Waals surface area contributed by atoms with Crippen molar-refractivity contribution < 1.29 is 27.6 Å². The summed E-state index contributed by atoms with van der Waals surface area (Å²) >= 11 is 0. The van der Waals surface area contributed by atoms with Crippen molar-refractivity contribution in [2.45, 2.75) is 165 Å². The molecule has 0 spiro atoms. The van der Waals surface area contributed by atoms with E-state index in [2.05, 4.69) is 62.3 Å². The average molecular weight is 597 g/mol. The number of hydrogen-bond acceptors (Lipinski definition) is 4. The summed E-state index contributed by atoms with van der Waals surface area (Å²) in [5.74, 6) is -2.04. The number of carboxylic acid groups (broad SMARTS) is 1. The van der Waals surface area contributed by atoms with Gasteiger partial charge in [0.25, 0.3) is 10.1 Å². The van der Waals surface area contributed by atoms with Gasteiger partial charge in [0.1, 0.15) is 0 Å². The van der Waals surface area contributed by atoms with Crippen LogP contribution in [0.15, 0.2) is 0 Å². The van der Waals surface area contributed by atoms with E-state index < -0.39 is 48.8 Å². The maximum Gasteiger partial charge on any atom is 0.324 e. The number of ether oxygens (including phenoxy) is 1. The highest BCUT2D eigenvalue weighted by Crippen LogP contribution is 2.57. The van der Waals surface area contributed by atoms with Gasteiger partial charge in [0, 0.05) is 10.8 Å².